The van der Waals surface area contributed by atoms with E-state index in [1.807, 2.05) is 17.5 Å². The summed E-state index contributed by atoms with van der Waals surface area (Å²) in [6.07, 6.45) is 7.26. The van der Waals surface area contributed by atoms with E-state index in [4.69, 9.17) is 0 Å². The summed E-state index contributed by atoms with van der Waals surface area (Å²) in [5.74, 6) is 0.385. The Morgan fingerprint density at radius 3 is 2.80 bits per heavy atom. The average molecular weight is 311 g/mol. The Balaban J connectivity index is 1.87. The Labute approximate surface area is 122 Å². The molecule has 0 aliphatic heterocycles. The van der Waals surface area contributed by atoms with Crippen LogP contribution in [0.5, 0.6) is 0 Å². The van der Waals surface area contributed by atoms with Gasteiger partial charge in [-0.05, 0) is 30.2 Å². The van der Waals surface area contributed by atoms with Crippen molar-refractivity contribution in [1.29, 1.82) is 0 Å². The Morgan fingerprint density at radius 2 is 2.20 bits per heavy atom. The first-order valence-electron chi connectivity index (χ1n) is 6.71. The number of hydrogen-bond acceptors (Lipinski definition) is 4. The standard InChI is InChI=1S/C13H17N3O2S2/c17-20(18,11-8-14-15-9-11)16-13(10-4-1-2-5-10)12-6-3-7-19-12/h3,6-10,13,16H,1-2,4-5H2,(H,14,15). The van der Waals surface area contributed by atoms with E-state index in [-0.39, 0.29) is 10.9 Å². The van der Waals surface area contributed by atoms with E-state index in [1.165, 1.54) is 25.2 Å². The second kappa shape index (κ2) is 5.67. The molecule has 0 saturated heterocycles. The lowest BCUT2D eigenvalue weighted by Gasteiger charge is -2.23. The first kappa shape index (κ1) is 13.8. The molecule has 0 radical (unpaired) electrons. The summed E-state index contributed by atoms with van der Waals surface area (Å²) >= 11 is 1.61. The van der Waals surface area contributed by atoms with Crippen LogP contribution in [0.15, 0.2) is 34.8 Å². The van der Waals surface area contributed by atoms with Crippen LogP contribution < -0.4 is 4.72 Å². The Bertz CT molecular complexity index is 629. The summed E-state index contributed by atoms with van der Waals surface area (Å²) in [7, 11) is -3.52. The van der Waals surface area contributed by atoms with Crippen molar-refractivity contribution in [1.82, 2.24) is 14.9 Å². The summed E-state index contributed by atoms with van der Waals surface area (Å²) in [5, 5.41) is 8.25. The summed E-state index contributed by atoms with van der Waals surface area (Å²) in [6, 6.07) is 3.84. The number of hydrogen-bond donors (Lipinski definition) is 2. The smallest absolute Gasteiger partial charge is 0.244 e. The first-order chi connectivity index (χ1) is 9.67. The number of aromatic nitrogens is 2. The third-order valence-electron chi connectivity index (χ3n) is 3.79. The third-order valence-corrected chi connectivity index (χ3v) is 6.15. The van der Waals surface area contributed by atoms with Gasteiger partial charge in [0.05, 0.1) is 12.2 Å². The zero-order valence-corrected chi connectivity index (χ0v) is 12.6. The second-order valence-electron chi connectivity index (χ2n) is 5.09. The number of nitrogens with one attached hydrogen (secondary N) is 2. The Hall–Kier alpha value is -1.18. The Morgan fingerprint density at radius 1 is 1.40 bits per heavy atom. The molecule has 3 rings (SSSR count). The molecule has 0 bridgehead atoms. The highest BCUT2D eigenvalue weighted by Crippen LogP contribution is 2.38. The van der Waals surface area contributed by atoms with Gasteiger partial charge in [0.1, 0.15) is 4.90 Å². The Kier molecular flexibility index (Phi) is 3.91. The van der Waals surface area contributed by atoms with E-state index in [1.54, 1.807) is 11.3 Å². The van der Waals surface area contributed by atoms with Crippen molar-refractivity contribution in [2.24, 2.45) is 5.92 Å². The predicted octanol–water partition coefficient (Wildman–Crippen LogP) is 2.68. The van der Waals surface area contributed by atoms with E-state index < -0.39 is 10.0 Å². The first-order valence-corrected chi connectivity index (χ1v) is 9.07. The molecule has 1 aliphatic rings. The molecule has 0 amide bonds. The van der Waals surface area contributed by atoms with Crippen molar-refractivity contribution in [3.63, 3.8) is 0 Å². The molecule has 1 fully saturated rings. The lowest BCUT2D eigenvalue weighted by atomic mass is 9.98. The van der Waals surface area contributed by atoms with Crippen molar-refractivity contribution in [2.45, 2.75) is 36.6 Å². The van der Waals surface area contributed by atoms with Crippen LogP contribution in [-0.4, -0.2) is 18.6 Å². The van der Waals surface area contributed by atoms with E-state index in [2.05, 4.69) is 14.9 Å². The van der Waals surface area contributed by atoms with Gasteiger partial charge in [-0.3, -0.25) is 5.10 Å². The molecule has 2 heterocycles. The number of rotatable bonds is 5. The zero-order valence-electron chi connectivity index (χ0n) is 11.0. The minimum absolute atomic E-state index is 0.127. The summed E-state index contributed by atoms with van der Waals surface area (Å²) in [6.45, 7) is 0. The minimum Gasteiger partial charge on any atom is -0.284 e. The molecule has 1 atom stereocenters. The molecule has 2 aromatic rings. The molecule has 1 saturated carbocycles. The maximum atomic E-state index is 12.4. The highest BCUT2D eigenvalue weighted by Gasteiger charge is 2.31. The fourth-order valence-electron chi connectivity index (χ4n) is 2.77. The van der Waals surface area contributed by atoms with E-state index in [0.29, 0.717) is 5.92 Å². The molecule has 0 spiro atoms. The fraction of sp³-hybridized carbons (Fsp3) is 0.462. The number of aromatic amines is 1. The van der Waals surface area contributed by atoms with Gasteiger partial charge in [0.15, 0.2) is 0 Å². The number of nitrogens with zero attached hydrogens (tertiary/aromatic N) is 1. The molecule has 108 valence electrons. The van der Waals surface area contributed by atoms with E-state index in [0.717, 1.165) is 17.7 Å². The molecule has 2 aromatic heterocycles. The maximum absolute atomic E-state index is 12.4. The van der Waals surface area contributed by atoms with Gasteiger partial charge in [-0.25, -0.2) is 13.1 Å². The highest BCUT2D eigenvalue weighted by atomic mass is 32.2. The van der Waals surface area contributed by atoms with Gasteiger partial charge in [0.25, 0.3) is 0 Å². The molecular weight excluding hydrogens is 294 g/mol. The molecule has 2 N–H and O–H groups in total. The zero-order chi connectivity index (χ0) is 14.0. The molecule has 5 nitrogen and oxygen atoms in total. The minimum atomic E-state index is -3.52. The van der Waals surface area contributed by atoms with Crippen LogP contribution in [0.2, 0.25) is 0 Å². The van der Waals surface area contributed by atoms with Crippen LogP contribution in [0.3, 0.4) is 0 Å². The average Bonchev–Trinajstić information content (AvgIpc) is 3.16. The molecule has 0 aromatic carbocycles. The van der Waals surface area contributed by atoms with Crippen LogP contribution in [0.25, 0.3) is 0 Å². The highest BCUT2D eigenvalue weighted by molar-refractivity contribution is 7.89. The fourth-order valence-corrected chi connectivity index (χ4v) is 4.90. The second-order valence-corrected chi connectivity index (χ2v) is 7.79. The summed E-state index contributed by atoms with van der Waals surface area (Å²) in [5.41, 5.74) is 0. The number of H-pyrrole nitrogens is 1. The van der Waals surface area contributed by atoms with Gasteiger partial charge in [0.2, 0.25) is 10.0 Å². The van der Waals surface area contributed by atoms with Gasteiger partial charge in [-0.15, -0.1) is 11.3 Å². The predicted molar refractivity (Wildman–Crippen MR) is 77.9 cm³/mol. The largest absolute Gasteiger partial charge is 0.284 e. The molecule has 1 aliphatic carbocycles. The van der Waals surface area contributed by atoms with Crippen molar-refractivity contribution in [3.8, 4) is 0 Å². The van der Waals surface area contributed by atoms with Crippen LogP contribution in [-0.2, 0) is 10.0 Å². The van der Waals surface area contributed by atoms with Gasteiger partial charge in [-0.1, -0.05) is 18.9 Å². The van der Waals surface area contributed by atoms with Crippen LogP contribution >= 0.6 is 11.3 Å². The third kappa shape index (κ3) is 2.79. The van der Waals surface area contributed by atoms with E-state index >= 15 is 0 Å². The number of thiophene rings is 1. The van der Waals surface area contributed by atoms with Crippen LogP contribution in [0, 0.1) is 5.92 Å². The van der Waals surface area contributed by atoms with Crippen LogP contribution in [0.1, 0.15) is 36.6 Å². The van der Waals surface area contributed by atoms with Gasteiger partial charge in [0, 0.05) is 11.1 Å². The van der Waals surface area contributed by atoms with Gasteiger partial charge in [-0.2, -0.15) is 5.10 Å². The van der Waals surface area contributed by atoms with Crippen molar-refractivity contribution in [3.05, 3.63) is 34.8 Å². The molecule has 1 unspecified atom stereocenters. The molecule has 20 heavy (non-hydrogen) atoms. The SMILES string of the molecule is O=S(=O)(NC(c1cccs1)C1CCCC1)c1cn[nH]c1. The van der Waals surface area contributed by atoms with Crippen molar-refractivity contribution < 1.29 is 8.42 Å². The summed E-state index contributed by atoms with van der Waals surface area (Å²) in [4.78, 5) is 1.28. The lowest BCUT2D eigenvalue weighted by Crippen LogP contribution is -2.32. The van der Waals surface area contributed by atoms with Crippen LogP contribution in [0.4, 0.5) is 0 Å². The maximum Gasteiger partial charge on any atom is 0.244 e. The monoisotopic (exact) mass is 311 g/mol. The lowest BCUT2D eigenvalue weighted by molar-refractivity contribution is 0.415. The van der Waals surface area contributed by atoms with Crippen molar-refractivity contribution >= 4 is 21.4 Å². The topological polar surface area (TPSA) is 74.8 Å². The molecule has 7 heteroatoms. The van der Waals surface area contributed by atoms with Gasteiger partial charge >= 0.3 is 0 Å². The number of sulfonamides is 1. The van der Waals surface area contributed by atoms with Crippen molar-refractivity contribution in [2.75, 3.05) is 0 Å². The van der Waals surface area contributed by atoms with Gasteiger partial charge < -0.3 is 0 Å². The van der Waals surface area contributed by atoms with E-state index in [9.17, 15) is 8.42 Å². The quantitative estimate of drug-likeness (QED) is 0.891. The molecular formula is C13H17N3O2S2. The normalized spacial score (nSPS) is 18.4. The summed E-state index contributed by atoms with van der Waals surface area (Å²) < 4.78 is 27.6.